The van der Waals surface area contributed by atoms with Gasteiger partial charge in [0, 0.05) is 26.7 Å². The summed E-state index contributed by atoms with van der Waals surface area (Å²) >= 11 is 0. The van der Waals surface area contributed by atoms with Crippen LogP contribution in [0.5, 0.6) is 0 Å². The zero-order chi connectivity index (χ0) is 15.9. The van der Waals surface area contributed by atoms with Crippen LogP contribution in [0.3, 0.4) is 0 Å². The topological polar surface area (TPSA) is 65.5 Å². The number of aliphatic imine (C=N–C) groups is 1. The van der Waals surface area contributed by atoms with Crippen molar-refractivity contribution in [2.24, 2.45) is 16.3 Å². The normalized spacial score (nSPS) is 23.6. The van der Waals surface area contributed by atoms with Gasteiger partial charge in [0.1, 0.15) is 0 Å². The zero-order valence-corrected chi connectivity index (χ0v) is 14.3. The first-order chi connectivity index (χ1) is 9.92. The standard InChI is InChI=1S/C16H32N4O/c1-6-12-7-9-13(10-8-12)20-15(18-5)19-11-16(2,3)14(21)17-4/h12-13H,6-11H2,1-5H3,(H,17,21)(H2,18,19,20). The molecular formula is C16H32N4O. The second-order valence-corrected chi connectivity index (χ2v) is 6.66. The van der Waals surface area contributed by atoms with Crippen LogP contribution >= 0.6 is 0 Å². The van der Waals surface area contributed by atoms with Crippen molar-refractivity contribution in [2.75, 3.05) is 20.6 Å². The largest absolute Gasteiger partial charge is 0.359 e. The van der Waals surface area contributed by atoms with Gasteiger partial charge in [-0.3, -0.25) is 9.79 Å². The van der Waals surface area contributed by atoms with Crippen LogP contribution in [0, 0.1) is 11.3 Å². The van der Waals surface area contributed by atoms with E-state index in [0.717, 1.165) is 11.9 Å². The minimum absolute atomic E-state index is 0.0360. The molecule has 0 heterocycles. The third-order valence-electron chi connectivity index (χ3n) is 4.53. The molecule has 1 aliphatic carbocycles. The van der Waals surface area contributed by atoms with Gasteiger partial charge in [0.05, 0.1) is 5.41 Å². The predicted molar refractivity (Wildman–Crippen MR) is 88.4 cm³/mol. The molecule has 0 radical (unpaired) electrons. The minimum atomic E-state index is -0.452. The summed E-state index contributed by atoms with van der Waals surface area (Å²) in [4.78, 5) is 16.1. The van der Waals surface area contributed by atoms with Gasteiger partial charge in [-0.1, -0.05) is 13.3 Å². The summed E-state index contributed by atoms with van der Waals surface area (Å²) in [6.45, 7) is 6.70. The van der Waals surface area contributed by atoms with Gasteiger partial charge in [0.25, 0.3) is 0 Å². The van der Waals surface area contributed by atoms with Crippen molar-refractivity contribution < 1.29 is 4.79 Å². The highest BCUT2D eigenvalue weighted by molar-refractivity contribution is 5.84. The molecular weight excluding hydrogens is 264 g/mol. The Morgan fingerprint density at radius 1 is 1.24 bits per heavy atom. The number of amides is 1. The smallest absolute Gasteiger partial charge is 0.227 e. The second kappa shape index (κ2) is 8.25. The number of hydrogen-bond donors (Lipinski definition) is 3. The summed E-state index contributed by atoms with van der Waals surface area (Å²) in [5.74, 6) is 1.73. The van der Waals surface area contributed by atoms with E-state index in [9.17, 15) is 4.79 Å². The molecule has 21 heavy (non-hydrogen) atoms. The minimum Gasteiger partial charge on any atom is -0.359 e. The van der Waals surface area contributed by atoms with Gasteiger partial charge >= 0.3 is 0 Å². The fourth-order valence-electron chi connectivity index (χ4n) is 2.83. The van der Waals surface area contributed by atoms with Crippen molar-refractivity contribution in [1.82, 2.24) is 16.0 Å². The van der Waals surface area contributed by atoms with Gasteiger partial charge in [-0.05, 0) is 45.4 Å². The summed E-state index contributed by atoms with van der Waals surface area (Å²) in [6.07, 6.45) is 6.31. The molecule has 1 rings (SSSR count). The Kier molecular flexibility index (Phi) is 6.99. The Morgan fingerprint density at radius 3 is 2.33 bits per heavy atom. The number of nitrogens with zero attached hydrogens (tertiary/aromatic N) is 1. The van der Waals surface area contributed by atoms with Crippen LogP contribution in [0.25, 0.3) is 0 Å². The first kappa shape index (κ1) is 17.8. The molecule has 122 valence electrons. The van der Waals surface area contributed by atoms with E-state index in [-0.39, 0.29) is 5.91 Å². The van der Waals surface area contributed by atoms with Crippen molar-refractivity contribution in [3.05, 3.63) is 0 Å². The van der Waals surface area contributed by atoms with Crippen LogP contribution in [0.1, 0.15) is 52.9 Å². The summed E-state index contributed by atoms with van der Waals surface area (Å²) in [5.41, 5.74) is -0.452. The number of hydrogen-bond acceptors (Lipinski definition) is 2. The fraction of sp³-hybridized carbons (Fsp3) is 0.875. The summed E-state index contributed by atoms with van der Waals surface area (Å²) in [5, 5.41) is 9.46. The molecule has 1 saturated carbocycles. The van der Waals surface area contributed by atoms with Gasteiger partial charge < -0.3 is 16.0 Å². The lowest BCUT2D eigenvalue weighted by Crippen LogP contribution is -2.50. The fourth-order valence-corrected chi connectivity index (χ4v) is 2.83. The zero-order valence-electron chi connectivity index (χ0n) is 14.3. The summed E-state index contributed by atoms with van der Waals surface area (Å²) in [6, 6.07) is 0.502. The highest BCUT2D eigenvalue weighted by Crippen LogP contribution is 2.26. The van der Waals surface area contributed by atoms with E-state index in [4.69, 9.17) is 0 Å². The van der Waals surface area contributed by atoms with E-state index >= 15 is 0 Å². The van der Waals surface area contributed by atoms with Crippen molar-refractivity contribution in [3.8, 4) is 0 Å². The van der Waals surface area contributed by atoms with Gasteiger partial charge in [0.15, 0.2) is 5.96 Å². The number of guanidine groups is 1. The third-order valence-corrected chi connectivity index (χ3v) is 4.53. The molecule has 0 spiro atoms. The van der Waals surface area contributed by atoms with Crippen LogP contribution < -0.4 is 16.0 Å². The van der Waals surface area contributed by atoms with Crippen LogP contribution in [0.2, 0.25) is 0 Å². The maximum atomic E-state index is 11.8. The molecule has 0 aromatic rings. The Balaban J connectivity index is 2.41. The van der Waals surface area contributed by atoms with Gasteiger partial charge in [-0.25, -0.2) is 0 Å². The molecule has 0 unspecified atom stereocenters. The highest BCUT2D eigenvalue weighted by atomic mass is 16.2. The van der Waals surface area contributed by atoms with Crippen molar-refractivity contribution in [2.45, 2.75) is 58.9 Å². The SMILES string of the molecule is CCC1CCC(NC(=NC)NCC(C)(C)C(=O)NC)CC1. The Labute approximate surface area is 129 Å². The number of carbonyl (C=O) groups is 1. The Bertz CT molecular complexity index is 357. The lowest BCUT2D eigenvalue weighted by Gasteiger charge is -2.30. The number of nitrogens with one attached hydrogen (secondary N) is 3. The van der Waals surface area contributed by atoms with E-state index < -0.39 is 5.41 Å². The van der Waals surface area contributed by atoms with Crippen molar-refractivity contribution in [3.63, 3.8) is 0 Å². The Hall–Kier alpha value is -1.26. The maximum absolute atomic E-state index is 11.8. The maximum Gasteiger partial charge on any atom is 0.227 e. The lowest BCUT2D eigenvalue weighted by molar-refractivity contribution is -0.128. The average Bonchev–Trinajstić information content (AvgIpc) is 2.51. The first-order valence-electron chi connectivity index (χ1n) is 8.12. The van der Waals surface area contributed by atoms with E-state index in [0.29, 0.717) is 12.6 Å². The molecule has 5 heteroatoms. The number of carbonyl (C=O) groups excluding carboxylic acids is 1. The highest BCUT2D eigenvalue weighted by Gasteiger charge is 2.27. The molecule has 0 atom stereocenters. The van der Waals surface area contributed by atoms with E-state index in [1.807, 2.05) is 13.8 Å². The molecule has 1 amide bonds. The average molecular weight is 296 g/mol. The van der Waals surface area contributed by atoms with Crippen LogP contribution in [-0.4, -0.2) is 38.5 Å². The van der Waals surface area contributed by atoms with Crippen LogP contribution in [-0.2, 0) is 4.79 Å². The number of rotatable bonds is 5. The van der Waals surface area contributed by atoms with Gasteiger partial charge in [-0.15, -0.1) is 0 Å². The predicted octanol–water partition coefficient (Wildman–Crippen LogP) is 1.89. The Morgan fingerprint density at radius 2 is 1.86 bits per heavy atom. The molecule has 0 bridgehead atoms. The van der Waals surface area contributed by atoms with Gasteiger partial charge in [0.2, 0.25) is 5.91 Å². The van der Waals surface area contributed by atoms with Gasteiger partial charge in [-0.2, -0.15) is 0 Å². The lowest BCUT2D eigenvalue weighted by atomic mass is 9.84. The molecule has 3 N–H and O–H groups in total. The van der Waals surface area contributed by atoms with E-state index in [1.165, 1.54) is 32.1 Å². The van der Waals surface area contributed by atoms with Crippen molar-refractivity contribution in [1.29, 1.82) is 0 Å². The monoisotopic (exact) mass is 296 g/mol. The van der Waals surface area contributed by atoms with E-state index in [1.54, 1.807) is 14.1 Å². The van der Waals surface area contributed by atoms with E-state index in [2.05, 4.69) is 27.9 Å². The quantitative estimate of drug-likeness (QED) is 0.536. The molecule has 0 aromatic carbocycles. The third kappa shape index (κ3) is 5.56. The molecule has 5 nitrogen and oxygen atoms in total. The van der Waals surface area contributed by atoms with Crippen molar-refractivity contribution >= 4 is 11.9 Å². The second-order valence-electron chi connectivity index (χ2n) is 6.66. The summed E-state index contributed by atoms with van der Waals surface area (Å²) in [7, 11) is 3.45. The molecule has 0 aliphatic heterocycles. The molecule has 0 aromatic heterocycles. The van der Waals surface area contributed by atoms with Crippen LogP contribution in [0.15, 0.2) is 4.99 Å². The summed E-state index contributed by atoms with van der Waals surface area (Å²) < 4.78 is 0. The molecule has 1 aliphatic rings. The first-order valence-corrected chi connectivity index (χ1v) is 8.12. The molecule has 1 fully saturated rings. The molecule has 0 saturated heterocycles. The van der Waals surface area contributed by atoms with Crippen LogP contribution in [0.4, 0.5) is 0 Å².